The number of nitrogens with zero attached hydrogens (tertiary/aromatic N) is 7. The van der Waals surface area contributed by atoms with Crippen LogP contribution in [0.4, 0.5) is 24.5 Å². The Labute approximate surface area is 664 Å². The van der Waals surface area contributed by atoms with Crippen LogP contribution in [0.2, 0.25) is 0 Å². The average Bonchev–Trinajstić information content (AvgIpc) is 1.23. The van der Waals surface area contributed by atoms with Crippen LogP contribution in [-0.4, -0.2) is 196 Å². The van der Waals surface area contributed by atoms with Crippen molar-refractivity contribution in [1.82, 2.24) is 45.3 Å². The number of halogens is 3. The molecule has 3 saturated heterocycles. The van der Waals surface area contributed by atoms with E-state index in [0.29, 0.717) is 86.3 Å². The molecule has 0 spiro atoms. The van der Waals surface area contributed by atoms with Crippen molar-refractivity contribution in [2.75, 3.05) is 94.5 Å². The molecule has 112 heavy (non-hydrogen) atoms. The largest absolute Gasteiger partial charge is 0.501 e. The number of carbonyl (C=O) groups is 6. The zero-order chi connectivity index (χ0) is 80.3. The van der Waals surface area contributed by atoms with Crippen LogP contribution in [0.5, 0.6) is 0 Å². The number of carbonyl (C=O) groups excluding carboxylic acids is 6. The second-order valence-electron chi connectivity index (χ2n) is 33.7. The van der Waals surface area contributed by atoms with Crippen molar-refractivity contribution in [2.45, 2.75) is 195 Å². The number of anilines is 2. The number of sulfone groups is 1. The molecule has 5 aromatic rings. The van der Waals surface area contributed by atoms with E-state index >= 15 is 0 Å². The van der Waals surface area contributed by atoms with E-state index in [4.69, 9.17) is 0 Å². The normalized spacial score (nSPS) is 22.6. The minimum absolute atomic E-state index is 0.0264. The number of nitrogens with one attached hydrogen (secondary N) is 5. The number of sulfonamides is 1. The molecule has 7 fully saturated rings. The van der Waals surface area contributed by atoms with Crippen molar-refractivity contribution in [3.05, 3.63) is 131 Å². The van der Waals surface area contributed by atoms with E-state index < -0.39 is 111 Å². The SMILES string of the molecule is CCC12CC(C3=C(CN4CCN(c5ccc(C(=O)NS(=O)(=O)c6ccc(N[C@H](CCN7CCN(C(=O)CCCCNC(=O)C[C@H](NC(=O)[C@@H]8C[C@@H](O)CN8C(=O)[C@@H](NC(=O)C8(C#N)CC8)C(C)(C)C)c8ccc(-c9scnc9C)cc8)CC7)CSc7ccccc7)c(S(=O)(=O)C(F)(F)F)c6)cc5)CC4)CCC(C)(C)C3)(C1)C2. The first kappa shape index (κ1) is 83.5. The second kappa shape index (κ2) is 33.9. The smallest absolute Gasteiger partial charge is 0.391 e. The Morgan fingerprint density at radius 3 is 2.13 bits per heavy atom. The molecule has 5 atom stereocenters. The minimum atomic E-state index is -6.19. The number of aromatic nitrogens is 1. The third-order valence-electron chi connectivity index (χ3n) is 24.0. The van der Waals surface area contributed by atoms with Gasteiger partial charge in [-0.3, -0.25) is 38.6 Å². The molecule has 6 amide bonds. The van der Waals surface area contributed by atoms with E-state index in [2.05, 4.69) is 67.8 Å². The highest BCUT2D eigenvalue weighted by atomic mass is 32.2. The van der Waals surface area contributed by atoms with Crippen molar-refractivity contribution in [3.8, 4) is 16.5 Å². The van der Waals surface area contributed by atoms with Crippen LogP contribution < -0.4 is 30.9 Å². The number of β-amino-alcohol motifs (C(OH)–C–C–N with tert-alkyl or cyclic N) is 1. The van der Waals surface area contributed by atoms with Crippen LogP contribution in [-0.2, 0) is 43.8 Å². The summed E-state index contributed by atoms with van der Waals surface area (Å²) in [6.45, 7) is 20.6. The number of benzene rings is 4. The number of alkyl halides is 3. The molecule has 13 rings (SSSR count). The van der Waals surface area contributed by atoms with Gasteiger partial charge in [-0.1, -0.05) is 102 Å². The third kappa shape index (κ3) is 19.2. The van der Waals surface area contributed by atoms with Gasteiger partial charge in [0.2, 0.25) is 29.5 Å². The van der Waals surface area contributed by atoms with Gasteiger partial charge in [-0.2, -0.15) is 18.4 Å². The summed E-state index contributed by atoms with van der Waals surface area (Å²) in [4.78, 5) is 97.0. The highest BCUT2D eigenvalue weighted by Gasteiger charge is 2.68. The maximum Gasteiger partial charge on any atom is 0.501 e. The highest BCUT2D eigenvalue weighted by Crippen LogP contribution is 2.79. The van der Waals surface area contributed by atoms with Gasteiger partial charge in [0.15, 0.2) is 0 Å². The summed E-state index contributed by atoms with van der Waals surface area (Å²) in [5.74, 6) is -3.06. The van der Waals surface area contributed by atoms with Crippen LogP contribution in [0.15, 0.2) is 128 Å². The Balaban J connectivity index is 0.623. The van der Waals surface area contributed by atoms with E-state index in [1.165, 1.54) is 78.7 Å². The lowest BCUT2D eigenvalue weighted by atomic mass is 9.31. The Hall–Kier alpha value is -7.92. The van der Waals surface area contributed by atoms with Crippen LogP contribution in [0, 0.1) is 45.3 Å². The molecule has 604 valence electrons. The highest BCUT2D eigenvalue weighted by molar-refractivity contribution is 7.99. The lowest BCUT2D eigenvalue weighted by molar-refractivity contribution is -0.182. The molecule has 30 heteroatoms. The van der Waals surface area contributed by atoms with Gasteiger partial charge >= 0.3 is 5.51 Å². The Bertz CT molecular complexity index is 4590. The fourth-order valence-electron chi connectivity index (χ4n) is 17.0. The number of thiazole rings is 1. The molecular formula is C82H105F3N12O11S4. The van der Waals surface area contributed by atoms with E-state index in [0.717, 1.165) is 78.0 Å². The molecule has 0 radical (unpaired) electrons. The monoisotopic (exact) mass is 1620 g/mol. The van der Waals surface area contributed by atoms with Gasteiger partial charge in [-0.25, -0.2) is 26.5 Å². The number of hydrogen-bond acceptors (Lipinski definition) is 19. The number of likely N-dealkylation sites (tertiary alicyclic amines) is 1. The second-order valence-corrected chi connectivity index (χ2v) is 39.3. The van der Waals surface area contributed by atoms with Gasteiger partial charge in [0, 0.05) is 119 Å². The van der Waals surface area contributed by atoms with Gasteiger partial charge in [-0.15, -0.1) is 23.1 Å². The van der Waals surface area contributed by atoms with E-state index in [1.807, 2.05) is 66.2 Å². The summed E-state index contributed by atoms with van der Waals surface area (Å²) >= 11 is 2.86. The topological polar surface area (TPSA) is 304 Å². The fraction of sp³-hybridized carbons (Fsp3) is 0.561. The number of hydrogen-bond donors (Lipinski definition) is 6. The van der Waals surface area contributed by atoms with E-state index in [1.54, 1.807) is 54.5 Å². The van der Waals surface area contributed by atoms with Gasteiger partial charge in [0.1, 0.15) is 22.4 Å². The molecule has 1 aromatic heterocycles. The number of aryl methyl sites for hydroxylation is 1. The van der Waals surface area contributed by atoms with Gasteiger partial charge in [0.25, 0.3) is 25.8 Å². The zero-order valence-corrected chi connectivity index (χ0v) is 68.2. The van der Waals surface area contributed by atoms with Crippen molar-refractivity contribution >= 4 is 89.8 Å². The van der Waals surface area contributed by atoms with Crippen LogP contribution in [0.3, 0.4) is 0 Å². The molecule has 2 bridgehead atoms. The zero-order valence-electron chi connectivity index (χ0n) is 64.9. The average molecular weight is 1620 g/mol. The summed E-state index contributed by atoms with van der Waals surface area (Å²) < 4.78 is 101. The van der Waals surface area contributed by atoms with Crippen molar-refractivity contribution in [3.63, 3.8) is 0 Å². The predicted molar refractivity (Wildman–Crippen MR) is 425 cm³/mol. The maximum absolute atomic E-state index is 14.7. The van der Waals surface area contributed by atoms with Crippen molar-refractivity contribution < 1.29 is 63.9 Å². The summed E-state index contributed by atoms with van der Waals surface area (Å²) in [7, 11) is -11.1. The summed E-state index contributed by atoms with van der Waals surface area (Å²) in [6.07, 6.45) is 9.52. The van der Waals surface area contributed by atoms with Crippen molar-refractivity contribution in [2.24, 2.45) is 27.1 Å². The van der Waals surface area contributed by atoms with E-state index in [-0.39, 0.29) is 56.0 Å². The quantitative estimate of drug-likeness (QED) is 0.0136. The molecule has 23 nitrogen and oxygen atoms in total. The number of aliphatic hydroxyl groups is 1. The van der Waals surface area contributed by atoms with Gasteiger partial charge in [0.05, 0.1) is 51.3 Å². The number of piperazine rings is 2. The number of unbranched alkanes of at least 4 members (excludes halogenated alkanes) is 1. The molecule has 8 aliphatic rings. The standard InChI is InChI=1S/C82H105F3N12O11S4/c1-8-79-49-81(50-79,51-79)64-45-78(6,7)29-27-58(64)46-94-36-38-95(39-37-94)60-23-21-57(22-24-60)73(101)92-112(107,108)63-25-26-65(68(43-63)111(105,106)82(83,84)85)89-59(48-109-62-14-10-9-11-15-62)28-33-93-34-40-96(41-35-93)70(100)16-12-13-32-87-69(99)44-66(55-17-19-56(20-18-55)71-54(2)88-53-110-71)90-74(102)67-42-61(98)47-97(67)75(103)72(77(3,4)5)91-76(104)80(52-86)30-31-80/h9-11,14-15,17-26,43,53,59,61,66-67,72,89,98H,8,12-13,16,27-42,44-51H2,1-7H3,(H,87,99)(H,90,102)(H,91,104)(H,92,101)/t59-,61-,66+,67+,72-,79?,81?/m1/s1. The Morgan fingerprint density at radius 1 is 0.830 bits per heavy atom. The molecule has 0 unspecified atom stereocenters. The molecule has 4 aromatic carbocycles. The summed E-state index contributed by atoms with van der Waals surface area (Å²) in [5, 5.41) is 32.4. The summed E-state index contributed by atoms with van der Waals surface area (Å²) in [6, 6.07) is 23.6. The number of nitriles is 1. The first-order valence-electron chi connectivity index (χ1n) is 39.1. The molecule has 4 saturated carbocycles. The number of rotatable bonds is 31. The molecule has 6 N–H and O–H groups in total. The van der Waals surface area contributed by atoms with Crippen LogP contribution in [0.25, 0.3) is 10.4 Å². The molecule has 3 aliphatic heterocycles. The number of thioether (sulfide) groups is 1. The predicted octanol–water partition coefficient (Wildman–Crippen LogP) is 11.2. The molecule has 4 heterocycles. The fourth-order valence-corrected chi connectivity index (χ4v) is 20.8. The third-order valence-corrected chi connectivity index (χ3v) is 29.0. The van der Waals surface area contributed by atoms with Crippen LogP contribution in [0.1, 0.15) is 166 Å². The molecule has 5 aliphatic carbocycles. The number of allylic oxidation sites excluding steroid dienone is 1. The van der Waals surface area contributed by atoms with E-state index in [9.17, 15) is 69.1 Å². The first-order valence-corrected chi connectivity index (χ1v) is 43.9. The summed E-state index contributed by atoms with van der Waals surface area (Å²) in [5.41, 5.74) is 1.18. The lowest BCUT2D eigenvalue weighted by Gasteiger charge is -2.73. The number of aliphatic hydroxyl groups excluding tert-OH is 1. The minimum Gasteiger partial charge on any atom is -0.391 e. The van der Waals surface area contributed by atoms with Gasteiger partial charge < -0.3 is 41.1 Å². The molecular weight excluding hydrogens is 1510 g/mol. The van der Waals surface area contributed by atoms with Gasteiger partial charge in [-0.05, 0) is 165 Å². The maximum atomic E-state index is 14.7. The van der Waals surface area contributed by atoms with Crippen molar-refractivity contribution in [1.29, 1.82) is 5.26 Å². The van der Waals surface area contributed by atoms with Crippen LogP contribution >= 0.6 is 23.1 Å². The Kier molecular flexibility index (Phi) is 25.3. The lowest BCUT2D eigenvalue weighted by Crippen LogP contribution is -2.63. The number of amides is 6. The first-order chi connectivity index (χ1) is 53.0. The Morgan fingerprint density at radius 2 is 1.51 bits per heavy atom.